The van der Waals surface area contributed by atoms with E-state index >= 15 is 0 Å². The number of hydrogen-bond acceptors (Lipinski definition) is 4. The Kier molecular flexibility index (Phi) is 3.86. The van der Waals surface area contributed by atoms with Crippen molar-refractivity contribution in [3.8, 4) is 5.88 Å². The first-order valence-electron chi connectivity index (χ1n) is 8.09. The maximum Gasteiger partial charge on any atom is 0.270 e. The molecule has 2 aromatic heterocycles. The lowest BCUT2D eigenvalue weighted by Gasteiger charge is -2.31. The number of H-pyrrole nitrogens is 1. The van der Waals surface area contributed by atoms with Crippen LogP contribution in [0, 0.1) is 0 Å². The molecule has 3 aromatic rings. The third-order valence-electron chi connectivity index (χ3n) is 4.32. The van der Waals surface area contributed by atoms with Crippen LogP contribution in [0.15, 0.2) is 48.9 Å². The van der Waals surface area contributed by atoms with Crippen molar-refractivity contribution >= 4 is 16.8 Å². The van der Waals surface area contributed by atoms with Gasteiger partial charge < -0.3 is 14.6 Å². The van der Waals surface area contributed by atoms with E-state index in [1.807, 2.05) is 35.2 Å². The Hall–Kier alpha value is -2.89. The summed E-state index contributed by atoms with van der Waals surface area (Å²) in [6.07, 6.45) is 6.51. The van der Waals surface area contributed by atoms with Crippen molar-refractivity contribution < 1.29 is 9.53 Å². The van der Waals surface area contributed by atoms with E-state index in [2.05, 4.69) is 15.0 Å². The van der Waals surface area contributed by atoms with Crippen LogP contribution in [0.3, 0.4) is 0 Å². The number of aromatic amines is 1. The molecule has 6 nitrogen and oxygen atoms in total. The normalized spacial score (nSPS) is 15.6. The van der Waals surface area contributed by atoms with Crippen LogP contribution in [0.25, 0.3) is 10.9 Å². The van der Waals surface area contributed by atoms with Crippen molar-refractivity contribution in [3.63, 3.8) is 0 Å². The number of para-hydroxylation sites is 1. The monoisotopic (exact) mass is 322 g/mol. The first-order chi connectivity index (χ1) is 11.8. The van der Waals surface area contributed by atoms with Gasteiger partial charge in [0.25, 0.3) is 5.91 Å². The van der Waals surface area contributed by atoms with Crippen molar-refractivity contribution in [3.05, 3.63) is 54.6 Å². The Labute approximate surface area is 139 Å². The van der Waals surface area contributed by atoms with Crippen LogP contribution in [0.2, 0.25) is 0 Å². The van der Waals surface area contributed by atoms with E-state index in [-0.39, 0.29) is 12.0 Å². The highest BCUT2D eigenvalue weighted by atomic mass is 16.5. The molecule has 1 amide bonds. The van der Waals surface area contributed by atoms with Crippen molar-refractivity contribution in [2.75, 3.05) is 13.1 Å². The second-order valence-corrected chi connectivity index (χ2v) is 5.92. The SMILES string of the molecule is O=C(c1cc2ccccc2[nH]1)N1CCC(Oc2cnccn2)CC1. The van der Waals surface area contributed by atoms with Gasteiger partial charge in [-0.2, -0.15) is 0 Å². The number of benzene rings is 1. The second kappa shape index (κ2) is 6.31. The van der Waals surface area contributed by atoms with Crippen LogP contribution in [0.1, 0.15) is 23.3 Å². The average molecular weight is 322 g/mol. The topological polar surface area (TPSA) is 71.1 Å². The summed E-state index contributed by atoms with van der Waals surface area (Å²) in [7, 11) is 0. The predicted octanol–water partition coefficient (Wildman–Crippen LogP) is 2.64. The van der Waals surface area contributed by atoms with Crippen LogP contribution in [0.4, 0.5) is 0 Å². The van der Waals surface area contributed by atoms with Crippen LogP contribution < -0.4 is 4.74 Å². The van der Waals surface area contributed by atoms with Gasteiger partial charge in [0.2, 0.25) is 5.88 Å². The zero-order chi connectivity index (χ0) is 16.4. The molecule has 0 radical (unpaired) electrons. The Morgan fingerprint density at radius 1 is 1.21 bits per heavy atom. The average Bonchev–Trinajstić information content (AvgIpc) is 3.07. The highest BCUT2D eigenvalue weighted by Crippen LogP contribution is 2.20. The minimum Gasteiger partial charge on any atom is -0.473 e. The largest absolute Gasteiger partial charge is 0.473 e. The standard InChI is InChI=1S/C18H18N4O2/c23-18(16-11-13-3-1-2-4-15(13)21-16)22-9-5-14(6-10-22)24-17-12-19-7-8-20-17/h1-4,7-8,11-12,14,21H,5-6,9-10H2. The Morgan fingerprint density at radius 2 is 2.04 bits per heavy atom. The molecular weight excluding hydrogens is 304 g/mol. The number of nitrogens with zero attached hydrogens (tertiary/aromatic N) is 3. The molecule has 1 aliphatic rings. The molecule has 1 aromatic carbocycles. The van der Waals surface area contributed by atoms with E-state index in [0.717, 1.165) is 23.7 Å². The second-order valence-electron chi connectivity index (χ2n) is 5.92. The fraction of sp³-hybridized carbons (Fsp3) is 0.278. The molecule has 1 fully saturated rings. The summed E-state index contributed by atoms with van der Waals surface area (Å²) in [5, 5.41) is 1.06. The minimum absolute atomic E-state index is 0.0455. The minimum atomic E-state index is 0.0455. The Morgan fingerprint density at radius 3 is 2.79 bits per heavy atom. The van der Waals surface area contributed by atoms with E-state index in [0.29, 0.717) is 24.7 Å². The molecule has 0 unspecified atom stereocenters. The van der Waals surface area contributed by atoms with Crippen LogP contribution in [-0.4, -0.2) is 45.0 Å². The Bertz CT molecular complexity index is 805. The molecule has 1 aliphatic heterocycles. The van der Waals surface area contributed by atoms with Crippen LogP contribution in [0.5, 0.6) is 5.88 Å². The molecule has 122 valence electrons. The van der Waals surface area contributed by atoms with E-state index in [9.17, 15) is 4.79 Å². The lowest BCUT2D eigenvalue weighted by molar-refractivity contribution is 0.0582. The van der Waals surface area contributed by atoms with Gasteiger partial charge >= 0.3 is 0 Å². The summed E-state index contributed by atoms with van der Waals surface area (Å²) >= 11 is 0. The summed E-state index contributed by atoms with van der Waals surface area (Å²) in [6.45, 7) is 1.36. The van der Waals surface area contributed by atoms with Gasteiger partial charge in [-0.25, -0.2) is 4.98 Å². The molecule has 0 atom stereocenters. The van der Waals surface area contributed by atoms with Gasteiger partial charge in [0.15, 0.2) is 0 Å². The lowest BCUT2D eigenvalue weighted by atomic mass is 10.1. The number of amides is 1. The first-order valence-corrected chi connectivity index (χ1v) is 8.09. The number of rotatable bonds is 3. The number of carbonyl (C=O) groups excluding carboxylic acids is 1. The molecule has 1 saturated heterocycles. The Balaban J connectivity index is 1.39. The number of fused-ring (bicyclic) bond motifs is 1. The maximum atomic E-state index is 12.7. The summed E-state index contributed by atoms with van der Waals surface area (Å²) < 4.78 is 5.82. The summed E-state index contributed by atoms with van der Waals surface area (Å²) in [6, 6.07) is 9.83. The van der Waals surface area contributed by atoms with Gasteiger partial charge in [0, 0.05) is 49.2 Å². The molecule has 0 saturated carbocycles. The van der Waals surface area contributed by atoms with E-state index in [4.69, 9.17) is 4.74 Å². The van der Waals surface area contributed by atoms with E-state index < -0.39 is 0 Å². The smallest absolute Gasteiger partial charge is 0.270 e. The van der Waals surface area contributed by atoms with E-state index in [1.54, 1.807) is 18.6 Å². The van der Waals surface area contributed by atoms with Crippen LogP contribution in [-0.2, 0) is 0 Å². The number of nitrogens with one attached hydrogen (secondary N) is 1. The number of ether oxygens (including phenoxy) is 1. The third-order valence-corrected chi connectivity index (χ3v) is 4.32. The number of likely N-dealkylation sites (tertiary alicyclic amines) is 1. The fourth-order valence-electron chi connectivity index (χ4n) is 3.05. The molecule has 4 rings (SSSR count). The number of hydrogen-bond donors (Lipinski definition) is 1. The first kappa shape index (κ1) is 14.7. The molecule has 3 heterocycles. The summed E-state index contributed by atoms with van der Waals surface area (Å²) in [5.74, 6) is 0.585. The maximum absolute atomic E-state index is 12.7. The van der Waals surface area contributed by atoms with Gasteiger partial charge in [0.05, 0.1) is 6.20 Å². The van der Waals surface area contributed by atoms with Crippen molar-refractivity contribution in [1.29, 1.82) is 0 Å². The molecule has 6 heteroatoms. The predicted molar refractivity (Wildman–Crippen MR) is 89.9 cm³/mol. The number of piperidine rings is 1. The highest BCUT2D eigenvalue weighted by molar-refractivity contribution is 5.98. The number of carbonyl (C=O) groups is 1. The van der Waals surface area contributed by atoms with Gasteiger partial charge in [-0.3, -0.25) is 9.78 Å². The molecule has 0 aliphatic carbocycles. The fourth-order valence-corrected chi connectivity index (χ4v) is 3.05. The molecular formula is C18H18N4O2. The zero-order valence-corrected chi connectivity index (χ0v) is 13.2. The third kappa shape index (κ3) is 2.95. The highest BCUT2D eigenvalue weighted by Gasteiger charge is 2.25. The summed E-state index contributed by atoms with van der Waals surface area (Å²) in [5.41, 5.74) is 1.63. The van der Waals surface area contributed by atoms with Gasteiger partial charge in [-0.15, -0.1) is 0 Å². The van der Waals surface area contributed by atoms with Gasteiger partial charge in [0.1, 0.15) is 11.8 Å². The molecule has 0 bridgehead atoms. The van der Waals surface area contributed by atoms with Gasteiger partial charge in [-0.1, -0.05) is 18.2 Å². The zero-order valence-electron chi connectivity index (χ0n) is 13.2. The van der Waals surface area contributed by atoms with Crippen molar-refractivity contribution in [2.45, 2.75) is 18.9 Å². The van der Waals surface area contributed by atoms with Crippen LogP contribution >= 0.6 is 0 Å². The van der Waals surface area contributed by atoms with E-state index in [1.165, 1.54) is 0 Å². The van der Waals surface area contributed by atoms with Crippen molar-refractivity contribution in [1.82, 2.24) is 19.9 Å². The molecule has 0 spiro atoms. The quantitative estimate of drug-likeness (QED) is 0.805. The molecule has 1 N–H and O–H groups in total. The lowest BCUT2D eigenvalue weighted by Crippen LogP contribution is -2.42. The summed E-state index contributed by atoms with van der Waals surface area (Å²) in [4.78, 5) is 25.9. The molecule has 24 heavy (non-hydrogen) atoms. The van der Waals surface area contributed by atoms with Gasteiger partial charge in [-0.05, 0) is 12.1 Å². The van der Waals surface area contributed by atoms with Crippen molar-refractivity contribution in [2.24, 2.45) is 0 Å². The number of aromatic nitrogens is 3.